The van der Waals surface area contributed by atoms with Gasteiger partial charge in [-0.05, 0) is 37.3 Å². The predicted molar refractivity (Wildman–Crippen MR) is 112 cm³/mol. The Bertz CT molecular complexity index is 1140. The van der Waals surface area contributed by atoms with Crippen molar-refractivity contribution < 1.29 is 18.0 Å². The van der Waals surface area contributed by atoms with Gasteiger partial charge >= 0.3 is 6.18 Å². The Morgan fingerprint density at radius 1 is 1.17 bits per heavy atom. The number of thioether (sulfide) groups is 1. The van der Waals surface area contributed by atoms with Gasteiger partial charge in [0, 0.05) is 11.9 Å². The Hall–Kier alpha value is -2.65. The highest BCUT2D eigenvalue weighted by Gasteiger charge is 2.33. The summed E-state index contributed by atoms with van der Waals surface area (Å²) in [6.07, 6.45) is -4.58. The number of hydrogen-bond acceptors (Lipinski definition) is 3. The van der Waals surface area contributed by atoms with Gasteiger partial charge in [0.1, 0.15) is 5.69 Å². The van der Waals surface area contributed by atoms with E-state index in [1.165, 1.54) is 10.7 Å². The van der Waals surface area contributed by atoms with E-state index in [4.69, 9.17) is 11.6 Å². The van der Waals surface area contributed by atoms with E-state index in [0.29, 0.717) is 11.4 Å². The van der Waals surface area contributed by atoms with Crippen molar-refractivity contribution in [2.24, 2.45) is 7.05 Å². The zero-order chi connectivity index (χ0) is 22.1. The van der Waals surface area contributed by atoms with Crippen LogP contribution in [0, 0.1) is 6.92 Å². The molecule has 0 saturated heterocycles. The van der Waals surface area contributed by atoms with Gasteiger partial charge in [0.05, 0.1) is 27.7 Å². The van der Waals surface area contributed by atoms with Crippen LogP contribution in [0.2, 0.25) is 5.02 Å². The number of nitrogens with one attached hydrogen (secondary N) is 1. The van der Waals surface area contributed by atoms with Crippen molar-refractivity contribution in [3.05, 3.63) is 75.2 Å². The van der Waals surface area contributed by atoms with Crippen LogP contribution in [0.1, 0.15) is 11.3 Å². The SMILES string of the molecule is Cc1c(NC(=O)CSc2ccc(Cl)c(C(F)(F)F)c2)c(=O)n(-c2ccccc2)n1C. The highest BCUT2D eigenvalue weighted by atomic mass is 35.5. The van der Waals surface area contributed by atoms with Crippen LogP contribution < -0.4 is 10.9 Å². The molecule has 0 fully saturated rings. The third-order valence-electron chi connectivity index (χ3n) is 4.43. The minimum absolute atomic E-state index is 0.124. The van der Waals surface area contributed by atoms with E-state index in [2.05, 4.69) is 5.32 Å². The standard InChI is InChI=1S/C20H17ClF3N3O2S/c1-12-18(19(29)27(26(12)2)13-6-4-3-5-7-13)25-17(28)11-30-14-8-9-16(21)15(10-14)20(22,23)24/h3-10H,11H2,1-2H3,(H,25,28). The number of hydrogen-bond donors (Lipinski definition) is 1. The number of para-hydroxylation sites is 1. The van der Waals surface area contributed by atoms with Crippen LogP contribution in [0.15, 0.2) is 58.2 Å². The molecule has 30 heavy (non-hydrogen) atoms. The average Bonchev–Trinajstić information content (AvgIpc) is 2.90. The Labute approximate surface area is 179 Å². The molecule has 1 N–H and O–H groups in total. The van der Waals surface area contributed by atoms with Crippen LogP contribution in [0.5, 0.6) is 0 Å². The average molecular weight is 456 g/mol. The second-order valence-corrected chi connectivity index (χ2v) is 7.87. The molecular weight excluding hydrogens is 439 g/mol. The molecule has 1 aromatic heterocycles. The van der Waals surface area contributed by atoms with E-state index in [1.807, 2.05) is 6.07 Å². The molecule has 2 aromatic carbocycles. The van der Waals surface area contributed by atoms with Crippen molar-refractivity contribution in [3.63, 3.8) is 0 Å². The number of halogens is 4. The molecule has 0 unspecified atom stereocenters. The molecule has 10 heteroatoms. The Morgan fingerprint density at radius 2 is 1.83 bits per heavy atom. The van der Waals surface area contributed by atoms with Gasteiger partial charge in [-0.2, -0.15) is 13.2 Å². The maximum Gasteiger partial charge on any atom is 0.417 e. The quantitative estimate of drug-likeness (QED) is 0.557. The molecule has 1 heterocycles. The lowest BCUT2D eigenvalue weighted by atomic mass is 10.2. The number of alkyl halides is 3. The lowest BCUT2D eigenvalue weighted by molar-refractivity contribution is -0.137. The lowest BCUT2D eigenvalue weighted by Crippen LogP contribution is -2.23. The van der Waals surface area contributed by atoms with Gasteiger partial charge in [-0.3, -0.25) is 14.3 Å². The van der Waals surface area contributed by atoms with Gasteiger partial charge in [-0.1, -0.05) is 29.8 Å². The van der Waals surface area contributed by atoms with Gasteiger partial charge < -0.3 is 5.32 Å². The predicted octanol–water partition coefficient (Wildman–Crippen LogP) is 4.89. The van der Waals surface area contributed by atoms with E-state index in [1.54, 1.807) is 42.9 Å². The summed E-state index contributed by atoms with van der Waals surface area (Å²) in [6, 6.07) is 12.4. The smallest absolute Gasteiger partial charge is 0.319 e. The monoisotopic (exact) mass is 455 g/mol. The molecule has 0 aliphatic rings. The number of anilines is 1. The molecular formula is C20H17ClF3N3O2S. The second-order valence-electron chi connectivity index (χ2n) is 6.41. The third kappa shape index (κ3) is 4.57. The molecule has 0 spiro atoms. The van der Waals surface area contributed by atoms with E-state index in [0.717, 1.165) is 23.9 Å². The number of benzene rings is 2. The van der Waals surface area contributed by atoms with Crippen molar-refractivity contribution >= 4 is 35.0 Å². The molecule has 0 saturated carbocycles. The van der Waals surface area contributed by atoms with Crippen LogP contribution in [-0.2, 0) is 18.0 Å². The number of rotatable bonds is 5. The first kappa shape index (κ1) is 22.0. The van der Waals surface area contributed by atoms with Crippen LogP contribution >= 0.6 is 23.4 Å². The fraction of sp³-hybridized carbons (Fsp3) is 0.200. The number of amides is 1. The molecule has 3 rings (SSSR count). The first-order valence-electron chi connectivity index (χ1n) is 8.73. The molecule has 0 atom stereocenters. The molecule has 0 radical (unpaired) electrons. The number of carbonyl (C=O) groups is 1. The summed E-state index contributed by atoms with van der Waals surface area (Å²) in [5.41, 5.74) is -0.0412. The van der Waals surface area contributed by atoms with Crippen molar-refractivity contribution in [1.82, 2.24) is 9.36 Å². The third-order valence-corrected chi connectivity index (χ3v) is 5.76. The highest BCUT2D eigenvalue weighted by Crippen LogP contribution is 2.37. The van der Waals surface area contributed by atoms with Crippen molar-refractivity contribution in [2.45, 2.75) is 18.0 Å². The fourth-order valence-corrected chi connectivity index (χ4v) is 3.81. The summed E-state index contributed by atoms with van der Waals surface area (Å²) in [4.78, 5) is 25.4. The zero-order valence-corrected chi connectivity index (χ0v) is 17.5. The Balaban J connectivity index is 1.76. The first-order valence-corrected chi connectivity index (χ1v) is 10.1. The van der Waals surface area contributed by atoms with Gasteiger partial charge in [0.15, 0.2) is 0 Å². The van der Waals surface area contributed by atoms with Gasteiger partial charge in [0.25, 0.3) is 5.56 Å². The van der Waals surface area contributed by atoms with E-state index in [9.17, 15) is 22.8 Å². The Morgan fingerprint density at radius 3 is 2.47 bits per heavy atom. The normalized spacial score (nSPS) is 11.5. The van der Waals surface area contributed by atoms with Crippen LogP contribution in [0.25, 0.3) is 5.69 Å². The van der Waals surface area contributed by atoms with Gasteiger partial charge in [-0.15, -0.1) is 11.8 Å². The van der Waals surface area contributed by atoms with E-state index < -0.39 is 28.2 Å². The summed E-state index contributed by atoms with van der Waals surface area (Å²) < 4.78 is 42.0. The Kier molecular flexibility index (Phi) is 6.33. The molecule has 0 bridgehead atoms. The van der Waals surface area contributed by atoms with Gasteiger partial charge in [0.2, 0.25) is 5.91 Å². The van der Waals surface area contributed by atoms with E-state index in [-0.39, 0.29) is 16.3 Å². The second kappa shape index (κ2) is 8.61. The highest BCUT2D eigenvalue weighted by molar-refractivity contribution is 8.00. The summed E-state index contributed by atoms with van der Waals surface area (Å²) in [5, 5.41) is 2.17. The minimum atomic E-state index is -4.58. The summed E-state index contributed by atoms with van der Waals surface area (Å²) >= 11 is 6.52. The maximum atomic E-state index is 13.0. The molecule has 158 valence electrons. The van der Waals surface area contributed by atoms with Crippen molar-refractivity contribution in [2.75, 3.05) is 11.1 Å². The molecule has 0 aliphatic heterocycles. The molecule has 0 aliphatic carbocycles. The topological polar surface area (TPSA) is 56.0 Å². The van der Waals surface area contributed by atoms with Crippen molar-refractivity contribution in [1.29, 1.82) is 0 Å². The summed E-state index contributed by atoms with van der Waals surface area (Å²) in [5.74, 6) is -0.674. The summed E-state index contributed by atoms with van der Waals surface area (Å²) in [6.45, 7) is 1.69. The van der Waals surface area contributed by atoms with Gasteiger partial charge in [-0.25, -0.2) is 4.68 Å². The largest absolute Gasteiger partial charge is 0.417 e. The first-order chi connectivity index (χ1) is 14.1. The zero-order valence-electron chi connectivity index (χ0n) is 16.0. The molecule has 5 nitrogen and oxygen atoms in total. The van der Waals surface area contributed by atoms with Crippen LogP contribution in [0.3, 0.4) is 0 Å². The van der Waals surface area contributed by atoms with Crippen LogP contribution in [0.4, 0.5) is 18.9 Å². The fourth-order valence-electron chi connectivity index (χ4n) is 2.85. The lowest BCUT2D eigenvalue weighted by Gasteiger charge is -2.10. The van der Waals surface area contributed by atoms with E-state index >= 15 is 0 Å². The van der Waals surface area contributed by atoms with Crippen LogP contribution in [-0.4, -0.2) is 21.0 Å². The number of nitrogens with zero attached hydrogens (tertiary/aromatic N) is 2. The maximum absolute atomic E-state index is 13.0. The minimum Gasteiger partial charge on any atom is -0.319 e. The number of aromatic nitrogens is 2. The molecule has 3 aromatic rings. The summed E-state index contributed by atoms with van der Waals surface area (Å²) in [7, 11) is 1.69. The number of carbonyl (C=O) groups excluding carboxylic acids is 1. The van der Waals surface area contributed by atoms with Crippen molar-refractivity contribution in [3.8, 4) is 5.69 Å². The molecule has 1 amide bonds.